The predicted molar refractivity (Wildman–Crippen MR) is 119 cm³/mol. The zero-order valence-corrected chi connectivity index (χ0v) is 19.4. The van der Waals surface area contributed by atoms with Gasteiger partial charge in [-0.05, 0) is 43.2 Å². The molecule has 156 valence electrons. The third-order valence-electron chi connectivity index (χ3n) is 4.28. The van der Waals surface area contributed by atoms with Crippen LogP contribution in [0.3, 0.4) is 0 Å². The predicted octanol–water partition coefficient (Wildman–Crippen LogP) is 5.08. The van der Waals surface area contributed by atoms with E-state index in [-0.39, 0.29) is 25.0 Å². The number of ether oxygens (including phenoxy) is 1. The van der Waals surface area contributed by atoms with Crippen LogP contribution in [0.1, 0.15) is 25.8 Å². The maximum Gasteiger partial charge on any atom is 0.261 e. The Morgan fingerprint density at radius 2 is 1.86 bits per heavy atom. The van der Waals surface area contributed by atoms with Crippen LogP contribution in [0.2, 0.25) is 10.0 Å². The second kappa shape index (κ2) is 11.4. The van der Waals surface area contributed by atoms with Gasteiger partial charge >= 0.3 is 0 Å². The van der Waals surface area contributed by atoms with E-state index in [0.29, 0.717) is 28.8 Å². The summed E-state index contributed by atoms with van der Waals surface area (Å²) in [5.74, 6) is -0.147. The normalized spacial score (nSPS) is 11.6. The van der Waals surface area contributed by atoms with Crippen molar-refractivity contribution in [2.24, 2.45) is 0 Å². The van der Waals surface area contributed by atoms with Crippen LogP contribution in [0.15, 0.2) is 46.9 Å². The smallest absolute Gasteiger partial charge is 0.261 e. The van der Waals surface area contributed by atoms with Gasteiger partial charge in [-0.2, -0.15) is 0 Å². The highest BCUT2D eigenvalue weighted by Crippen LogP contribution is 2.28. The molecule has 0 aliphatic heterocycles. The van der Waals surface area contributed by atoms with Crippen LogP contribution in [-0.4, -0.2) is 35.9 Å². The van der Waals surface area contributed by atoms with E-state index in [1.807, 2.05) is 32.0 Å². The van der Waals surface area contributed by atoms with Crippen molar-refractivity contribution in [3.8, 4) is 5.75 Å². The van der Waals surface area contributed by atoms with Gasteiger partial charge in [-0.3, -0.25) is 9.59 Å². The number of likely N-dealkylation sites (N-methyl/N-ethyl adjacent to an activating group) is 1. The molecule has 0 heterocycles. The molecule has 2 aromatic rings. The molecule has 0 radical (unpaired) electrons. The van der Waals surface area contributed by atoms with E-state index in [1.165, 1.54) is 4.90 Å². The molecule has 5 nitrogen and oxygen atoms in total. The molecular weight excluding hydrogens is 479 g/mol. The molecule has 0 fully saturated rings. The lowest BCUT2D eigenvalue weighted by Gasteiger charge is -2.30. The lowest BCUT2D eigenvalue weighted by Crippen LogP contribution is -2.50. The van der Waals surface area contributed by atoms with Gasteiger partial charge < -0.3 is 15.0 Å². The molecule has 0 bridgehead atoms. The van der Waals surface area contributed by atoms with Gasteiger partial charge in [-0.1, -0.05) is 64.3 Å². The topological polar surface area (TPSA) is 58.6 Å². The SMILES string of the molecule is CCNC(=O)[C@H](CC)N(Cc1ccccc1Cl)C(=O)COc1ccc(Br)cc1Cl. The third kappa shape index (κ3) is 6.63. The van der Waals surface area contributed by atoms with Crippen LogP contribution < -0.4 is 10.1 Å². The standard InChI is InChI=1S/C21H23BrCl2N2O3/c1-3-18(21(28)25-4-2)26(12-14-7-5-6-8-16(14)23)20(27)13-29-19-10-9-15(22)11-17(19)24/h5-11,18H,3-4,12-13H2,1-2H3,(H,25,28)/t18-/m0/s1. The molecule has 1 atom stereocenters. The number of hydrogen-bond donors (Lipinski definition) is 1. The summed E-state index contributed by atoms with van der Waals surface area (Å²) in [4.78, 5) is 27.1. The summed E-state index contributed by atoms with van der Waals surface area (Å²) in [6.07, 6.45) is 0.459. The van der Waals surface area contributed by atoms with Crippen LogP contribution >= 0.6 is 39.1 Å². The van der Waals surface area contributed by atoms with Gasteiger partial charge in [-0.25, -0.2) is 0 Å². The molecule has 0 saturated heterocycles. The van der Waals surface area contributed by atoms with E-state index in [4.69, 9.17) is 27.9 Å². The average molecular weight is 502 g/mol. The molecule has 0 spiro atoms. The molecule has 2 amide bonds. The summed E-state index contributed by atoms with van der Waals surface area (Å²) in [5.41, 5.74) is 0.756. The second-order valence-electron chi connectivity index (χ2n) is 6.30. The quantitative estimate of drug-likeness (QED) is 0.521. The highest BCUT2D eigenvalue weighted by Gasteiger charge is 2.29. The van der Waals surface area contributed by atoms with Gasteiger partial charge in [0, 0.05) is 22.6 Å². The van der Waals surface area contributed by atoms with E-state index in [9.17, 15) is 9.59 Å². The Balaban J connectivity index is 2.23. The lowest BCUT2D eigenvalue weighted by atomic mass is 10.1. The Labute approximate surface area is 189 Å². The molecule has 0 unspecified atom stereocenters. The van der Waals surface area contributed by atoms with Crippen LogP contribution in [-0.2, 0) is 16.1 Å². The molecule has 0 saturated carbocycles. The Hall–Kier alpha value is -1.76. The Kier molecular flexibility index (Phi) is 9.27. The molecule has 2 aromatic carbocycles. The number of nitrogens with one attached hydrogen (secondary N) is 1. The first kappa shape index (κ1) is 23.5. The van der Waals surface area contributed by atoms with E-state index in [2.05, 4.69) is 21.2 Å². The van der Waals surface area contributed by atoms with Crippen LogP contribution in [0.5, 0.6) is 5.75 Å². The minimum atomic E-state index is -0.636. The lowest BCUT2D eigenvalue weighted by molar-refractivity contribution is -0.142. The number of carbonyl (C=O) groups is 2. The molecule has 29 heavy (non-hydrogen) atoms. The highest BCUT2D eigenvalue weighted by molar-refractivity contribution is 9.10. The summed E-state index contributed by atoms with van der Waals surface area (Å²) in [5, 5.41) is 3.71. The van der Waals surface area contributed by atoms with Gasteiger partial charge in [0.15, 0.2) is 6.61 Å². The number of carbonyl (C=O) groups excluding carboxylic acids is 2. The summed E-state index contributed by atoms with van der Waals surface area (Å²) in [7, 11) is 0. The second-order valence-corrected chi connectivity index (χ2v) is 8.03. The number of amides is 2. The van der Waals surface area contributed by atoms with Crippen molar-refractivity contribution in [3.05, 3.63) is 62.5 Å². The van der Waals surface area contributed by atoms with Gasteiger partial charge in [-0.15, -0.1) is 0 Å². The Bertz CT molecular complexity index is 864. The molecular formula is C21H23BrCl2N2O3. The molecule has 0 aliphatic rings. The molecule has 1 N–H and O–H groups in total. The highest BCUT2D eigenvalue weighted by atomic mass is 79.9. The van der Waals surface area contributed by atoms with E-state index >= 15 is 0 Å². The molecule has 8 heteroatoms. The van der Waals surface area contributed by atoms with Gasteiger partial charge in [0.25, 0.3) is 5.91 Å². The van der Waals surface area contributed by atoms with Gasteiger partial charge in [0.1, 0.15) is 11.8 Å². The number of nitrogens with zero attached hydrogens (tertiary/aromatic N) is 1. The Morgan fingerprint density at radius 1 is 1.14 bits per heavy atom. The van der Waals surface area contributed by atoms with Crippen molar-refractivity contribution in [1.29, 1.82) is 0 Å². The molecule has 2 rings (SSSR count). The van der Waals surface area contributed by atoms with Crippen molar-refractivity contribution in [2.45, 2.75) is 32.9 Å². The summed E-state index contributed by atoms with van der Waals surface area (Å²) in [6.45, 7) is 4.13. The summed E-state index contributed by atoms with van der Waals surface area (Å²) in [6, 6.07) is 11.8. The summed E-state index contributed by atoms with van der Waals surface area (Å²) < 4.78 is 6.44. The number of halogens is 3. The number of hydrogen-bond acceptors (Lipinski definition) is 3. The third-order valence-corrected chi connectivity index (χ3v) is 5.44. The first-order chi connectivity index (χ1) is 13.9. The fraction of sp³-hybridized carbons (Fsp3) is 0.333. The van der Waals surface area contributed by atoms with E-state index < -0.39 is 6.04 Å². The molecule has 0 aliphatic carbocycles. The van der Waals surface area contributed by atoms with Crippen molar-refractivity contribution in [3.63, 3.8) is 0 Å². The zero-order chi connectivity index (χ0) is 21.4. The summed E-state index contributed by atoms with van der Waals surface area (Å²) >= 11 is 15.8. The van der Waals surface area contributed by atoms with Gasteiger partial charge in [0.2, 0.25) is 5.91 Å². The Morgan fingerprint density at radius 3 is 2.48 bits per heavy atom. The van der Waals surface area contributed by atoms with Crippen LogP contribution in [0, 0.1) is 0 Å². The number of rotatable bonds is 9. The minimum Gasteiger partial charge on any atom is -0.482 e. The first-order valence-electron chi connectivity index (χ1n) is 9.25. The molecule has 0 aromatic heterocycles. The monoisotopic (exact) mass is 500 g/mol. The maximum absolute atomic E-state index is 13.0. The van der Waals surface area contributed by atoms with Crippen molar-refractivity contribution < 1.29 is 14.3 Å². The van der Waals surface area contributed by atoms with E-state index in [0.717, 1.165) is 10.0 Å². The van der Waals surface area contributed by atoms with Crippen LogP contribution in [0.25, 0.3) is 0 Å². The van der Waals surface area contributed by atoms with Crippen molar-refractivity contribution in [2.75, 3.05) is 13.2 Å². The first-order valence-corrected chi connectivity index (χ1v) is 10.8. The fourth-order valence-corrected chi connectivity index (χ4v) is 3.76. The number of benzene rings is 2. The van der Waals surface area contributed by atoms with E-state index in [1.54, 1.807) is 24.3 Å². The van der Waals surface area contributed by atoms with Crippen molar-refractivity contribution >= 4 is 50.9 Å². The van der Waals surface area contributed by atoms with Crippen LogP contribution in [0.4, 0.5) is 0 Å². The minimum absolute atomic E-state index is 0.200. The largest absolute Gasteiger partial charge is 0.482 e. The fourth-order valence-electron chi connectivity index (χ4n) is 2.84. The average Bonchev–Trinajstić information content (AvgIpc) is 2.68. The maximum atomic E-state index is 13.0. The van der Waals surface area contributed by atoms with Gasteiger partial charge in [0.05, 0.1) is 5.02 Å². The van der Waals surface area contributed by atoms with Crippen molar-refractivity contribution in [1.82, 2.24) is 10.2 Å². The zero-order valence-electron chi connectivity index (χ0n) is 16.3.